The molecule has 0 saturated heterocycles. The summed E-state index contributed by atoms with van der Waals surface area (Å²) in [7, 11) is 0. The first-order chi connectivity index (χ1) is 25.6. The van der Waals surface area contributed by atoms with Crippen LogP contribution in [-0.2, 0) is 25.7 Å². The van der Waals surface area contributed by atoms with Gasteiger partial charge in [0, 0.05) is 46.3 Å². The summed E-state index contributed by atoms with van der Waals surface area (Å²) in [4.78, 5) is 19.0. The van der Waals surface area contributed by atoms with Gasteiger partial charge in [-0.2, -0.15) is 0 Å². The van der Waals surface area contributed by atoms with Crippen LogP contribution in [0.1, 0.15) is 22.3 Å². The van der Waals surface area contributed by atoms with Crippen LogP contribution in [0.4, 0.5) is 0 Å². The monoisotopic (exact) mass is 674 g/mol. The zero-order chi connectivity index (χ0) is 35.0. The van der Waals surface area contributed by atoms with E-state index in [4.69, 9.17) is 19.9 Å². The quantitative estimate of drug-likeness (QED) is 0.156. The molecule has 6 heteroatoms. The third-order valence-electron chi connectivity index (χ3n) is 10.2. The highest BCUT2D eigenvalue weighted by Gasteiger charge is 2.13. The van der Waals surface area contributed by atoms with Crippen molar-refractivity contribution in [2.75, 3.05) is 0 Å². The van der Waals surface area contributed by atoms with Crippen LogP contribution in [0.5, 0.6) is 11.5 Å². The van der Waals surface area contributed by atoms with Crippen LogP contribution < -0.4 is 0 Å². The van der Waals surface area contributed by atoms with E-state index in [1.807, 2.05) is 61.2 Å². The molecule has 5 aromatic carbocycles. The van der Waals surface area contributed by atoms with Crippen LogP contribution in [0, 0.1) is 0 Å². The van der Waals surface area contributed by atoms with E-state index in [9.17, 15) is 10.2 Å². The van der Waals surface area contributed by atoms with E-state index in [1.54, 1.807) is 24.3 Å². The molecule has 4 aromatic heterocycles. The second kappa shape index (κ2) is 13.2. The number of nitrogens with zero attached hydrogens (tertiary/aromatic N) is 4. The summed E-state index contributed by atoms with van der Waals surface area (Å²) >= 11 is 0. The summed E-state index contributed by atoms with van der Waals surface area (Å²) < 4.78 is 0. The lowest BCUT2D eigenvalue weighted by molar-refractivity contribution is 0.475. The molecule has 0 unspecified atom stereocenters. The molecule has 250 valence electrons. The fourth-order valence-electron chi connectivity index (χ4n) is 7.42. The van der Waals surface area contributed by atoms with Crippen molar-refractivity contribution in [2.24, 2.45) is 0 Å². The first kappa shape index (κ1) is 31.3. The summed E-state index contributed by atoms with van der Waals surface area (Å²) in [5, 5.41) is 23.9. The van der Waals surface area contributed by atoms with Gasteiger partial charge in [-0.1, -0.05) is 72.8 Å². The maximum atomic E-state index is 9.77. The summed E-state index contributed by atoms with van der Waals surface area (Å²) in [6.07, 6.45) is 11.1. The number of pyridine rings is 4. The molecule has 0 saturated carbocycles. The summed E-state index contributed by atoms with van der Waals surface area (Å²) in [5.74, 6) is 0.504. The van der Waals surface area contributed by atoms with Gasteiger partial charge in [-0.05, 0) is 119 Å². The molecule has 0 aliphatic carbocycles. The summed E-state index contributed by atoms with van der Waals surface area (Å²) in [6.45, 7) is 0. The van der Waals surface area contributed by atoms with E-state index in [0.717, 1.165) is 91.5 Å². The Morgan fingerprint density at radius 1 is 0.327 bits per heavy atom. The molecule has 4 heterocycles. The van der Waals surface area contributed by atoms with Crippen LogP contribution in [0.2, 0.25) is 0 Å². The number of rotatable bonds is 8. The number of aromatic nitrogens is 4. The molecule has 0 amide bonds. The van der Waals surface area contributed by atoms with Gasteiger partial charge in [0.15, 0.2) is 0 Å². The molecule has 0 aliphatic heterocycles. The molecule has 52 heavy (non-hydrogen) atoms. The van der Waals surface area contributed by atoms with Crippen molar-refractivity contribution in [3.05, 3.63) is 168 Å². The number of hydrogen-bond acceptors (Lipinski definition) is 6. The van der Waals surface area contributed by atoms with Gasteiger partial charge in [-0.3, -0.25) is 19.9 Å². The van der Waals surface area contributed by atoms with Crippen LogP contribution in [-0.4, -0.2) is 30.1 Å². The van der Waals surface area contributed by atoms with Gasteiger partial charge in [0.05, 0.1) is 22.1 Å². The summed E-state index contributed by atoms with van der Waals surface area (Å²) in [6, 6.07) is 40.5. The molecule has 6 nitrogen and oxygen atoms in total. The van der Waals surface area contributed by atoms with Gasteiger partial charge < -0.3 is 10.2 Å². The van der Waals surface area contributed by atoms with E-state index in [1.165, 1.54) is 22.3 Å². The average Bonchev–Trinajstić information content (AvgIpc) is 3.19. The van der Waals surface area contributed by atoms with E-state index in [-0.39, 0.29) is 11.5 Å². The van der Waals surface area contributed by atoms with Crippen molar-refractivity contribution in [3.63, 3.8) is 0 Å². The largest absolute Gasteiger partial charge is 0.508 e. The average molecular weight is 675 g/mol. The lowest BCUT2D eigenvalue weighted by Crippen LogP contribution is -1.97. The molecule has 9 aromatic rings. The Bertz CT molecular complexity index is 2550. The van der Waals surface area contributed by atoms with Crippen LogP contribution in [0.15, 0.2) is 146 Å². The lowest BCUT2D eigenvalue weighted by Gasteiger charge is -2.12. The van der Waals surface area contributed by atoms with Crippen LogP contribution >= 0.6 is 0 Å². The Morgan fingerprint density at radius 3 is 1.08 bits per heavy atom. The van der Waals surface area contributed by atoms with E-state index in [2.05, 4.69) is 60.7 Å². The minimum Gasteiger partial charge on any atom is -0.508 e. The van der Waals surface area contributed by atoms with Gasteiger partial charge >= 0.3 is 0 Å². The SMILES string of the molecule is Oc1ccc(-c2ccnc3c2ccc2c(CCc4ccc(CCc5ccnc6c5ccc5c(-c7ccc(O)cc7)ccnc56)cc4)ccnc23)cc1. The van der Waals surface area contributed by atoms with Crippen molar-refractivity contribution in [1.29, 1.82) is 0 Å². The predicted molar refractivity (Wildman–Crippen MR) is 210 cm³/mol. The maximum Gasteiger partial charge on any atom is 0.115 e. The Hall–Kier alpha value is -6.66. The minimum absolute atomic E-state index is 0.252. The van der Waals surface area contributed by atoms with Crippen molar-refractivity contribution >= 4 is 43.6 Å². The smallest absolute Gasteiger partial charge is 0.115 e. The van der Waals surface area contributed by atoms with Crippen molar-refractivity contribution in [3.8, 4) is 33.8 Å². The number of hydrogen-bond donors (Lipinski definition) is 2. The molecular weight excluding hydrogens is 641 g/mol. The Morgan fingerprint density at radius 2 is 0.673 bits per heavy atom. The van der Waals surface area contributed by atoms with Gasteiger partial charge in [0.2, 0.25) is 0 Å². The zero-order valence-electron chi connectivity index (χ0n) is 28.4. The van der Waals surface area contributed by atoms with Crippen molar-refractivity contribution in [2.45, 2.75) is 25.7 Å². The highest BCUT2D eigenvalue weighted by atomic mass is 16.3. The topological polar surface area (TPSA) is 92.0 Å². The lowest BCUT2D eigenvalue weighted by atomic mass is 9.95. The van der Waals surface area contributed by atoms with Gasteiger partial charge in [-0.15, -0.1) is 0 Å². The maximum absolute atomic E-state index is 9.77. The second-order valence-electron chi connectivity index (χ2n) is 13.3. The number of fused-ring (bicyclic) bond motifs is 6. The second-order valence-corrected chi connectivity index (χ2v) is 13.3. The predicted octanol–water partition coefficient (Wildman–Crippen LogP) is 10.2. The van der Waals surface area contributed by atoms with Gasteiger partial charge in [0.1, 0.15) is 11.5 Å². The number of benzene rings is 5. The van der Waals surface area contributed by atoms with Crippen LogP contribution in [0.25, 0.3) is 65.9 Å². The van der Waals surface area contributed by atoms with E-state index >= 15 is 0 Å². The fraction of sp³-hybridized carbons (Fsp3) is 0.0870. The highest BCUT2D eigenvalue weighted by Crippen LogP contribution is 2.35. The Balaban J connectivity index is 0.911. The standard InChI is InChI=1S/C46H34N4O2/c51-35-13-9-31(10-14-35)37-23-27-49-45-41(37)19-17-39-33(21-25-47-43(39)45)7-5-29-1-2-30(4-3-29)6-8-34-22-26-48-44-40(34)18-20-42-38(24-28-50-46(42)44)32-11-15-36(52)16-12-32/h1-4,9-28,51-52H,5-8H2. The van der Waals surface area contributed by atoms with Gasteiger partial charge in [0.25, 0.3) is 0 Å². The molecule has 2 N–H and O–H groups in total. The third-order valence-corrected chi connectivity index (χ3v) is 10.2. The van der Waals surface area contributed by atoms with E-state index < -0.39 is 0 Å². The molecular formula is C46H34N4O2. The van der Waals surface area contributed by atoms with E-state index in [0.29, 0.717) is 0 Å². The molecule has 0 spiro atoms. The minimum atomic E-state index is 0.252. The number of aryl methyl sites for hydroxylation is 4. The number of phenols is 2. The normalized spacial score (nSPS) is 11.5. The van der Waals surface area contributed by atoms with Crippen molar-refractivity contribution < 1.29 is 10.2 Å². The fourth-order valence-corrected chi connectivity index (χ4v) is 7.42. The molecule has 0 radical (unpaired) electrons. The van der Waals surface area contributed by atoms with Crippen molar-refractivity contribution in [1.82, 2.24) is 19.9 Å². The first-order valence-electron chi connectivity index (χ1n) is 17.6. The zero-order valence-corrected chi connectivity index (χ0v) is 28.4. The number of phenolic OH excluding ortho intramolecular Hbond substituents is 2. The van der Waals surface area contributed by atoms with Crippen LogP contribution in [0.3, 0.4) is 0 Å². The Labute approximate surface area is 300 Å². The molecule has 0 aliphatic rings. The highest BCUT2D eigenvalue weighted by molar-refractivity contribution is 6.10. The van der Waals surface area contributed by atoms with Gasteiger partial charge in [-0.25, -0.2) is 0 Å². The first-order valence-corrected chi connectivity index (χ1v) is 17.6. The third kappa shape index (κ3) is 5.84. The molecule has 9 rings (SSSR count). The summed E-state index contributed by atoms with van der Waals surface area (Å²) in [5.41, 5.74) is 12.9. The molecule has 0 atom stereocenters. The molecule has 0 fully saturated rings. The Kier molecular flexibility index (Phi) is 7.97. The number of aromatic hydroxyl groups is 2. The molecule has 0 bridgehead atoms.